The molecule has 0 aromatic heterocycles. The highest BCUT2D eigenvalue weighted by molar-refractivity contribution is 5.93. The van der Waals surface area contributed by atoms with Gasteiger partial charge in [-0.1, -0.05) is 36.4 Å². The molecule has 0 unspecified atom stereocenters. The van der Waals surface area contributed by atoms with Crippen molar-refractivity contribution in [3.05, 3.63) is 90.0 Å². The van der Waals surface area contributed by atoms with Gasteiger partial charge in [0.2, 0.25) is 5.75 Å². The molecule has 38 heavy (non-hydrogen) atoms. The topological polar surface area (TPSA) is 105 Å². The SMILES string of the molecule is COc1cc(C(=O)Oc2ccc(/C=N/NC(=O)COc3cccc4ccccc34)cc2)cc(OC)c1OC. The molecule has 4 rings (SSSR count). The first-order valence-electron chi connectivity index (χ1n) is 11.6. The van der Waals surface area contributed by atoms with Crippen LogP contribution >= 0.6 is 0 Å². The van der Waals surface area contributed by atoms with Crippen LogP contribution in [0.5, 0.6) is 28.7 Å². The second-order valence-corrected chi connectivity index (χ2v) is 7.93. The number of carbonyl (C=O) groups is 2. The highest BCUT2D eigenvalue weighted by atomic mass is 16.5. The second kappa shape index (κ2) is 12.3. The Morgan fingerprint density at radius 1 is 0.816 bits per heavy atom. The molecular weight excluding hydrogens is 488 g/mol. The molecule has 0 aliphatic rings. The van der Waals surface area contributed by atoms with E-state index in [0.717, 1.165) is 10.8 Å². The highest BCUT2D eigenvalue weighted by Gasteiger charge is 2.18. The summed E-state index contributed by atoms with van der Waals surface area (Å²) in [7, 11) is 4.41. The van der Waals surface area contributed by atoms with Crippen LogP contribution in [-0.2, 0) is 4.79 Å². The number of hydrogen-bond donors (Lipinski definition) is 1. The number of fused-ring (bicyclic) bond motifs is 1. The third-order valence-corrected chi connectivity index (χ3v) is 5.50. The molecule has 0 aliphatic heterocycles. The standard InChI is InChI=1S/C29H26N2O7/c1-34-25-15-21(16-26(35-2)28(25)36-3)29(33)38-22-13-11-19(12-14-22)17-30-31-27(32)18-37-24-10-6-8-20-7-4-5-9-23(20)24/h4-17H,18H2,1-3H3,(H,31,32)/b30-17+. The number of hydrogen-bond acceptors (Lipinski definition) is 8. The molecule has 9 nitrogen and oxygen atoms in total. The van der Waals surface area contributed by atoms with Crippen molar-refractivity contribution >= 4 is 28.9 Å². The fourth-order valence-electron chi connectivity index (χ4n) is 3.66. The van der Waals surface area contributed by atoms with E-state index in [4.69, 9.17) is 23.7 Å². The van der Waals surface area contributed by atoms with E-state index in [9.17, 15) is 9.59 Å². The monoisotopic (exact) mass is 514 g/mol. The van der Waals surface area contributed by atoms with Crippen molar-refractivity contribution in [1.29, 1.82) is 0 Å². The van der Waals surface area contributed by atoms with Gasteiger partial charge in [0.25, 0.3) is 5.91 Å². The number of benzene rings is 4. The molecule has 0 heterocycles. The molecular formula is C29H26N2O7. The lowest BCUT2D eigenvalue weighted by Crippen LogP contribution is -2.24. The van der Waals surface area contributed by atoms with Gasteiger partial charge in [-0.3, -0.25) is 4.79 Å². The lowest BCUT2D eigenvalue weighted by molar-refractivity contribution is -0.123. The summed E-state index contributed by atoms with van der Waals surface area (Å²) in [6.07, 6.45) is 1.47. The molecule has 4 aromatic rings. The zero-order valence-electron chi connectivity index (χ0n) is 21.1. The van der Waals surface area contributed by atoms with Gasteiger partial charge in [-0.2, -0.15) is 5.10 Å². The van der Waals surface area contributed by atoms with Gasteiger partial charge in [0, 0.05) is 5.39 Å². The van der Waals surface area contributed by atoms with E-state index in [1.807, 2.05) is 42.5 Å². The van der Waals surface area contributed by atoms with Crippen molar-refractivity contribution in [2.45, 2.75) is 0 Å². The van der Waals surface area contributed by atoms with Crippen molar-refractivity contribution in [3.8, 4) is 28.7 Å². The highest BCUT2D eigenvalue weighted by Crippen LogP contribution is 2.38. The summed E-state index contributed by atoms with van der Waals surface area (Å²) in [5, 5.41) is 5.91. The van der Waals surface area contributed by atoms with E-state index in [0.29, 0.717) is 34.3 Å². The van der Waals surface area contributed by atoms with Gasteiger partial charge in [-0.25, -0.2) is 10.2 Å². The Labute approximate surface area is 219 Å². The third-order valence-electron chi connectivity index (χ3n) is 5.50. The number of ether oxygens (including phenoxy) is 5. The van der Waals surface area contributed by atoms with Crippen LogP contribution in [0.2, 0.25) is 0 Å². The Hall–Kier alpha value is -5.05. The summed E-state index contributed by atoms with van der Waals surface area (Å²) in [6.45, 7) is -0.179. The van der Waals surface area contributed by atoms with Crippen LogP contribution in [0.1, 0.15) is 15.9 Å². The van der Waals surface area contributed by atoms with Crippen LogP contribution in [0.25, 0.3) is 10.8 Å². The van der Waals surface area contributed by atoms with Crippen molar-refractivity contribution in [2.75, 3.05) is 27.9 Å². The summed E-state index contributed by atoms with van der Waals surface area (Å²) >= 11 is 0. The number of methoxy groups -OCH3 is 3. The van der Waals surface area contributed by atoms with Crippen LogP contribution < -0.4 is 29.1 Å². The first kappa shape index (κ1) is 26.0. The van der Waals surface area contributed by atoms with Crippen molar-refractivity contribution in [1.82, 2.24) is 5.43 Å². The van der Waals surface area contributed by atoms with Crippen LogP contribution in [-0.4, -0.2) is 46.0 Å². The van der Waals surface area contributed by atoms with E-state index >= 15 is 0 Å². The Kier molecular flexibility index (Phi) is 8.40. The fourth-order valence-corrected chi connectivity index (χ4v) is 3.66. The van der Waals surface area contributed by atoms with Gasteiger partial charge in [0.15, 0.2) is 18.1 Å². The molecule has 0 aliphatic carbocycles. The van der Waals surface area contributed by atoms with E-state index in [1.165, 1.54) is 39.7 Å². The first-order valence-corrected chi connectivity index (χ1v) is 11.6. The quantitative estimate of drug-likeness (QED) is 0.143. The summed E-state index contributed by atoms with van der Waals surface area (Å²) in [5.74, 6) is 1.02. The van der Waals surface area contributed by atoms with E-state index in [-0.39, 0.29) is 12.2 Å². The van der Waals surface area contributed by atoms with Gasteiger partial charge >= 0.3 is 5.97 Å². The van der Waals surface area contributed by atoms with Crippen LogP contribution in [0.3, 0.4) is 0 Å². The Bertz CT molecular complexity index is 1440. The van der Waals surface area contributed by atoms with Crippen LogP contribution in [0, 0.1) is 0 Å². The average Bonchev–Trinajstić information content (AvgIpc) is 2.96. The van der Waals surface area contributed by atoms with Gasteiger partial charge in [-0.15, -0.1) is 0 Å². The minimum Gasteiger partial charge on any atom is -0.493 e. The van der Waals surface area contributed by atoms with Gasteiger partial charge in [0.1, 0.15) is 11.5 Å². The number of hydrazone groups is 1. The molecule has 0 spiro atoms. The molecule has 194 valence electrons. The first-order chi connectivity index (χ1) is 18.5. The third kappa shape index (κ3) is 6.19. The van der Waals surface area contributed by atoms with E-state index in [1.54, 1.807) is 24.3 Å². The number of esters is 1. The van der Waals surface area contributed by atoms with Crippen LogP contribution in [0.4, 0.5) is 0 Å². The summed E-state index contributed by atoms with van der Waals surface area (Å²) < 4.78 is 26.9. The van der Waals surface area contributed by atoms with Gasteiger partial charge in [-0.05, 0) is 53.4 Å². The minimum atomic E-state index is -0.593. The predicted molar refractivity (Wildman–Crippen MR) is 143 cm³/mol. The maximum atomic E-state index is 12.7. The second-order valence-electron chi connectivity index (χ2n) is 7.93. The Morgan fingerprint density at radius 3 is 2.18 bits per heavy atom. The smallest absolute Gasteiger partial charge is 0.343 e. The lowest BCUT2D eigenvalue weighted by atomic mass is 10.1. The van der Waals surface area contributed by atoms with Crippen molar-refractivity contribution in [2.24, 2.45) is 5.10 Å². The predicted octanol–water partition coefficient (Wildman–Crippen LogP) is 4.61. The largest absolute Gasteiger partial charge is 0.493 e. The summed E-state index contributed by atoms with van der Waals surface area (Å²) in [6, 6.07) is 23.1. The molecule has 0 saturated carbocycles. The zero-order valence-corrected chi connectivity index (χ0v) is 21.1. The molecule has 0 radical (unpaired) electrons. The van der Waals surface area contributed by atoms with Crippen molar-refractivity contribution in [3.63, 3.8) is 0 Å². The number of amides is 1. The summed E-state index contributed by atoms with van der Waals surface area (Å²) in [5.41, 5.74) is 3.36. The molecule has 1 N–H and O–H groups in total. The lowest BCUT2D eigenvalue weighted by Gasteiger charge is -2.13. The molecule has 9 heteroatoms. The fraction of sp³-hybridized carbons (Fsp3) is 0.138. The molecule has 0 atom stereocenters. The molecule has 0 bridgehead atoms. The normalized spacial score (nSPS) is 10.7. The van der Waals surface area contributed by atoms with Gasteiger partial charge < -0.3 is 23.7 Å². The summed E-state index contributed by atoms with van der Waals surface area (Å²) in [4.78, 5) is 24.8. The molecule has 1 amide bonds. The maximum Gasteiger partial charge on any atom is 0.343 e. The minimum absolute atomic E-state index is 0.179. The van der Waals surface area contributed by atoms with E-state index in [2.05, 4.69) is 10.5 Å². The number of nitrogens with zero attached hydrogens (tertiary/aromatic N) is 1. The number of rotatable bonds is 10. The number of nitrogens with one attached hydrogen (secondary N) is 1. The van der Waals surface area contributed by atoms with Crippen LogP contribution in [0.15, 0.2) is 84.0 Å². The molecule has 4 aromatic carbocycles. The molecule has 0 fully saturated rings. The van der Waals surface area contributed by atoms with Crippen molar-refractivity contribution < 1.29 is 33.3 Å². The van der Waals surface area contributed by atoms with E-state index < -0.39 is 11.9 Å². The number of carbonyl (C=O) groups excluding carboxylic acids is 2. The maximum absolute atomic E-state index is 12.7. The molecule has 0 saturated heterocycles. The van der Waals surface area contributed by atoms with Gasteiger partial charge in [0.05, 0.1) is 33.1 Å². The zero-order chi connectivity index (χ0) is 26.9. The Morgan fingerprint density at radius 2 is 1.50 bits per heavy atom. The average molecular weight is 515 g/mol. The Balaban J connectivity index is 1.31.